The molecule has 2 unspecified atom stereocenters. The van der Waals surface area contributed by atoms with Crippen molar-refractivity contribution in [3.8, 4) is 0 Å². The van der Waals surface area contributed by atoms with Gasteiger partial charge >= 0.3 is 5.97 Å². The number of hydrogen-bond acceptors (Lipinski definition) is 3. The summed E-state index contributed by atoms with van der Waals surface area (Å²) < 4.78 is 0. The van der Waals surface area contributed by atoms with Crippen LogP contribution in [0.15, 0.2) is 0 Å². The Morgan fingerprint density at radius 3 is 2.35 bits per heavy atom. The molecule has 0 aliphatic rings. The van der Waals surface area contributed by atoms with Crippen LogP contribution >= 0.6 is 0 Å². The molecule has 2 atom stereocenters. The first-order valence-corrected chi connectivity index (χ1v) is 6.15. The minimum Gasteiger partial charge on any atom is -0.481 e. The quantitative estimate of drug-likeness (QED) is 0.596. The Hall–Kier alpha value is -1.10. The lowest BCUT2D eigenvalue weighted by Gasteiger charge is -2.24. The summed E-state index contributed by atoms with van der Waals surface area (Å²) in [7, 11) is 0. The molecular formula is C12H24N2O3. The van der Waals surface area contributed by atoms with E-state index in [9.17, 15) is 9.59 Å². The van der Waals surface area contributed by atoms with Gasteiger partial charge in [0.25, 0.3) is 0 Å². The molecule has 0 spiro atoms. The lowest BCUT2D eigenvalue weighted by molar-refractivity contribution is -0.142. The summed E-state index contributed by atoms with van der Waals surface area (Å²) in [6.45, 7) is 5.69. The first-order valence-electron chi connectivity index (χ1n) is 6.15. The van der Waals surface area contributed by atoms with Crippen molar-refractivity contribution in [2.75, 3.05) is 6.54 Å². The van der Waals surface area contributed by atoms with Crippen molar-refractivity contribution in [2.45, 2.75) is 52.0 Å². The number of nitrogens with two attached hydrogens (primary N) is 1. The van der Waals surface area contributed by atoms with Gasteiger partial charge in [0.05, 0.1) is 11.5 Å². The first-order chi connectivity index (χ1) is 7.85. The van der Waals surface area contributed by atoms with Crippen LogP contribution in [0.5, 0.6) is 0 Å². The van der Waals surface area contributed by atoms with E-state index in [4.69, 9.17) is 10.8 Å². The Bertz CT molecular complexity index is 264. The van der Waals surface area contributed by atoms with Gasteiger partial charge in [0.15, 0.2) is 0 Å². The molecule has 1 amide bonds. The molecular weight excluding hydrogens is 220 g/mol. The molecule has 0 bridgehead atoms. The number of nitrogens with one attached hydrogen (secondary N) is 1. The Labute approximate surface area is 103 Å². The van der Waals surface area contributed by atoms with E-state index in [0.29, 0.717) is 12.8 Å². The number of carboxylic acid groups (broad SMARTS) is 1. The van der Waals surface area contributed by atoms with Crippen molar-refractivity contribution >= 4 is 11.9 Å². The zero-order chi connectivity index (χ0) is 13.5. The predicted molar refractivity (Wildman–Crippen MR) is 66.5 cm³/mol. The topological polar surface area (TPSA) is 92.4 Å². The third kappa shape index (κ3) is 5.68. The summed E-state index contributed by atoms with van der Waals surface area (Å²) in [6.07, 6.45) is 2.74. The molecule has 100 valence electrons. The van der Waals surface area contributed by atoms with Crippen LogP contribution in [0, 0.1) is 5.92 Å². The van der Waals surface area contributed by atoms with E-state index in [0.717, 1.165) is 12.8 Å². The van der Waals surface area contributed by atoms with Crippen LogP contribution in [0.3, 0.4) is 0 Å². The molecule has 5 nitrogen and oxygen atoms in total. The maximum atomic E-state index is 11.8. The van der Waals surface area contributed by atoms with Gasteiger partial charge in [0.1, 0.15) is 0 Å². The standard InChI is InChI=1S/C12H24N2O3/c1-4-6-9(10(15)16)8-14-11(17)12(3,13)7-5-2/h9H,4-8,13H2,1-3H3,(H,14,17)(H,15,16). The monoisotopic (exact) mass is 244 g/mol. The highest BCUT2D eigenvalue weighted by Crippen LogP contribution is 2.10. The van der Waals surface area contributed by atoms with Gasteiger partial charge in [-0.05, 0) is 19.8 Å². The minimum absolute atomic E-state index is 0.151. The van der Waals surface area contributed by atoms with Gasteiger partial charge in [-0.2, -0.15) is 0 Å². The van der Waals surface area contributed by atoms with E-state index in [1.165, 1.54) is 0 Å². The predicted octanol–water partition coefficient (Wildman–Crippen LogP) is 1.12. The van der Waals surface area contributed by atoms with Crippen LogP contribution in [-0.4, -0.2) is 29.1 Å². The highest BCUT2D eigenvalue weighted by atomic mass is 16.4. The molecule has 0 radical (unpaired) electrons. The summed E-state index contributed by atoms with van der Waals surface area (Å²) in [5.41, 5.74) is 4.93. The van der Waals surface area contributed by atoms with Gasteiger partial charge in [-0.25, -0.2) is 0 Å². The Kier molecular flexibility index (Phi) is 6.80. The number of hydrogen-bond donors (Lipinski definition) is 3. The molecule has 0 aliphatic heterocycles. The SMILES string of the molecule is CCCC(CNC(=O)C(C)(N)CCC)C(=O)O. The number of amides is 1. The zero-order valence-electron chi connectivity index (χ0n) is 11.0. The second-order valence-corrected chi connectivity index (χ2v) is 4.70. The van der Waals surface area contributed by atoms with Crippen LogP contribution in [0.25, 0.3) is 0 Å². The van der Waals surface area contributed by atoms with Crippen LogP contribution < -0.4 is 11.1 Å². The van der Waals surface area contributed by atoms with Gasteiger partial charge in [-0.3, -0.25) is 9.59 Å². The fraction of sp³-hybridized carbons (Fsp3) is 0.833. The molecule has 0 aromatic heterocycles. The maximum Gasteiger partial charge on any atom is 0.308 e. The summed E-state index contributed by atoms with van der Waals surface area (Å²) >= 11 is 0. The van der Waals surface area contributed by atoms with E-state index >= 15 is 0 Å². The molecule has 0 rings (SSSR count). The second-order valence-electron chi connectivity index (χ2n) is 4.70. The van der Waals surface area contributed by atoms with Crippen molar-refractivity contribution in [3.63, 3.8) is 0 Å². The molecule has 0 aromatic carbocycles. The zero-order valence-corrected chi connectivity index (χ0v) is 11.0. The highest BCUT2D eigenvalue weighted by Gasteiger charge is 2.28. The molecule has 17 heavy (non-hydrogen) atoms. The Balaban J connectivity index is 4.25. The number of carbonyl (C=O) groups is 2. The number of aliphatic carboxylic acids is 1. The highest BCUT2D eigenvalue weighted by molar-refractivity contribution is 5.86. The molecule has 0 aliphatic carbocycles. The number of rotatable bonds is 8. The van der Waals surface area contributed by atoms with E-state index < -0.39 is 17.4 Å². The summed E-state index contributed by atoms with van der Waals surface area (Å²) in [5, 5.41) is 11.6. The van der Waals surface area contributed by atoms with Gasteiger partial charge in [-0.1, -0.05) is 26.7 Å². The van der Waals surface area contributed by atoms with E-state index in [1.807, 2.05) is 13.8 Å². The third-order valence-corrected chi connectivity index (χ3v) is 2.78. The average molecular weight is 244 g/mol. The Morgan fingerprint density at radius 1 is 1.35 bits per heavy atom. The Morgan fingerprint density at radius 2 is 1.94 bits per heavy atom. The fourth-order valence-electron chi connectivity index (χ4n) is 1.71. The second kappa shape index (κ2) is 7.27. The van der Waals surface area contributed by atoms with E-state index in [1.54, 1.807) is 6.92 Å². The minimum atomic E-state index is -0.913. The third-order valence-electron chi connectivity index (χ3n) is 2.78. The largest absolute Gasteiger partial charge is 0.481 e. The smallest absolute Gasteiger partial charge is 0.308 e. The lowest BCUT2D eigenvalue weighted by atomic mass is 9.96. The van der Waals surface area contributed by atoms with Crippen LogP contribution in [0.1, 0.15) is 46.5 Å². The van der Waals surface area contributed by atoms with Gasteiger partial charge in [0, 0.05) is 6.54 Å². The van der Waals surface area contributed by atoms with Crippen LogP contribution in [0.2, 0.25) is 0 Å². The van der Waals surface area contributed by atoms with Crippen molar-refractivity contribution in [1.82, 2.24) is 5.32 Å². The molecule has 5 heteroatoms. The van der Waals surface area contributed by atoms with E-state index in [-0.39, 0.29) is 12.5 Å². The molecule has 0 saturated heterocycles. The summed E-state index contributed by atoms with van der Waals surface area (Å²) in [4.78, 5) is 22.7. The number of carboxylic acids is 1. The van der Waals surface area contributed by atoms with Gasteiger partial charge in [0.2, 0.25) is 5.91 Å². The summed E-state index contributed by atoms with van der Waals surface area (Å²) in [5.74, 6) is -1.68. The first kappa shape index (κ1) is 15.9. The van der Waals surface area contributed by atoms with Crippen LogP contribution in [-0.2, 0) is 9.59 Å². The van der Waals surface area contributed by atoms with Crippen molar-refractivity contribution in [2.24, 2.45) is 11.7 Å². The van der Waals surface area contributed by atoms with Crippen molar-refractivity contribution in [1.29, 1.82) is 0 Å². The van der Waals surface area contributed by atoms with Crippen molar-refractivity contribution < 1.29 is 14.7 Å². The van der Waals surface area contributed by atoms with Crippen LogP contribution in [0.4, 0.5) is 0 Å². The normalized spacial score (nSPS) is 16.0. The summed E-state index contributed by atoms with van der Waals surface area (Å²) in [6, 6.07) is 0. The fourth-order valence-corrected chi connectivity index (χ4v) is 1.71. The molecule has 4 N–H and O–H groups in total. The van der Waals surface area contributed by atoms with Gasteiger partial charge < -0.3 is 16.2 Å². The molecule has 0 aromatic rings. The average Bonchev–Trinajstić information content (AvgIpc) is 2.23. The lowest BCUT2D eigenvalue weighted by Crippen LogP contribution is -2.52. The van der Waals surface area contributed by atoms with E-state index in [2.05, 4.69) is 5.32 Å². The van der Waals surface area contributed by atoms with Crippen molar-refractivity contribution in [3.05, 3.63) is 0 Å². The maximum absolute atomic E-state index is 11.8. The number of carbonyl (C=O) groups excluding carboxylic acids is 1. The molecule has 0 heterocycles. The molecule has 0 saturated carbocycles. The molecule has 0 fully saturated rings. The van der Waals surface area contributed by atoms with Gasteiger partial charge in [-0.15, -0.1) is 0 Å².